The van der Waals surface area contributed by atoms with Crippen molar-refractivity contribution in [2.45, 2.75) is 24.0 Å². The Labute approximate surface area is 219 Å². The lowest BCUT2D eigenvalue weighted by molar-refractivity contribution is -0.137. The van der Waals surface area contributed by atoms with Crippen LogP contribution in [0, 0.1) is 0 Å². The molecule has 0 amide bonds. The van der Waals surface area contributed by atoms with Crippen LogP contribution in [0.15, 0.2) is 68.9 Å². The van der Waals surface area contributed by atoms with Crippen molar-refractivity contribution in [2.75, 3.05) is 19.3 Å². The molecular weight excluding hydrogens is 529 g/mol. The molecule has 11 heteroatoms. The zero-order valence-electron chi connectivity index (χ0n) is 19.6. The first kappa shape index (κ1) is 26.8. The summed E-state index contributed by atoms with van der Waals surface area (Å²) in [5.41, 5.74) is -1.17. The highest BCUT2D eigenvalue weighted by Crippen LogP contribution is 2.42. The Morgan fingerprint density at radius 2 is 1.97 bits per heavy atom. The zero-order chi connectivity index (χ0) is 26.7. The number of hydrogen-bond acceptors (Lipinski definition) is 6. The maximum Gasteiger partial charge on any atom is 0.416 e. The number of phenolic OH excluding ortho intramolecular Hbond substituents is 1. The quantitative estimate of drug-likeness (QED) is 0.236. The van der Waals surface area contributed by atoms with Crippen LogP contribution in [0.25, 0.3) is 22.0 Å². The van der Waals surface area contributed by atoms with Crippen LogP contribution >= 0.6 is 23.4 Å². The number of halogens is 4. The molecule has 0 aliphatic rings. The standard InChI is InChI=1S/C26H22ClF3N2O4S/c1-32(13-18-3-2-10-36-18)9-8-17(33)14-37-24-23(20-12-16(27)5-7-22(20)34)19-11-15(26(28,29)30)4-6-21(19)31-25(24)35/h2-7,10-12,34H,8-9,13-14H2,1H3,(H,31,35). The number of pyridine rings is 1. The molecule has 0 spiro atoms. The predicted molar refractivity (Wildman–Crippen MR) is 137 cm³/mol. The Hall–Kier alpha value is -3.21. The Morgan fingerprint density at radius 3 is 2.68 bits per heavy atom. The van der Waals surface area contributed by atoms with Gasteiger partial charge in [0.2, 0.25) is 0 Å². The first-order valence-corrected chi connectivity index (χ1v) is 12.5. The summed E-state index contributed by atoms with van der Waals surface area (Å²) < 4.78 is 45.8. The van der Waals surface area contributed by atoms with E-state index in [4.69, 9.17) is 16.0 Å². The SMILES string of the molecule is CN(CCC(=O)CSc1c(-c2cc(Cl)ccc2O)c2cc(C(F)(F)F)ccc2[nH]c1=O)Cc1ccco1. The summed E-state index contributed by atoms with van der Waals surface area (Å²) in [6, 6.07) is 10.7. The highest BCUT2D eigenvalue weighted by Gasteiger charge is 2.31. The number of ketones is 1. The van der Waals surface area contributed by atoms with Gasteiger partial charge in [-0.15, -0.1) is 11.8 Å². The van der Waals surface area contributed by atoms with Crippen LogP contribution in [-0.4, -0.2) is 40.1 Å². The third kappa shape index (κ3) is 6.38. The molecule has 0 unspecified atom stereocenters. The highest BCUT2D eigenvalue weighted by molar-refractivity contribution is 8.00. The average Bonchev–Trinajstić information content (AvgIpc) is 3.35. The molecule has 0 radical (unpaired) electrons. The molecule has 0 aliphatic heterocycles. The number of Topliss-reactive ketones (excluding diaryl/α,β-unsaturated/α-hetero) is 1. The van der Waals surface area contributed by atoms with Crippen molar-refractivity contribution in [3.8, 4) is 16.9 Å². The van der Waals surface area contributed by atoms with E-state index in [1.807, 2.05) is 18.0 Å². The number of fused-ring (bicyclic) bond motifs is 1. The number of H-pyrrole nitrogens is 1. The fourth-order valence-corrected chi connectivity index (χ4v) is 5.02. The first-order valence-electron chi connectivity index (χ1n) is 11.1. The van der Waals surface area contributed by atoms with E-state index in [2.05, 4.69) is 4.98 Å². The number of rotatable bonds is 9. The summed E-state index contributed by atoms with van der Waals surface area (Å²) in [6.45, 7) is 0.975. The van der Waals surface area contributed by atoms with Gasteiger partial charge in [0, 0.05) is 40.0 Å². The average molecular weight is 551 g/mol. The van der Waals surface area contributed by atoms with Gasteiger partial charge in [-0.05, 0) is 55.6 Å². The summed E-state index contributed by atoms with van der Waals surface area (Å²) in [4.78, 5) is 30.2. The molecule has 2 heterocycles. The summed E-state index contributed by atoms with van der Waals surface area (Å²) in [6.07, 6.45) is -2.85. The van der Waals surface area contributed by atoms with Gasteiger partial charge in [-0.2, -0.15) is 13.2 Å². The molecule has 37 heavy (non-hydrogen) atoms. The third-order valence-electron chi connectivity index (χ3n) is 5.68. The first-order chi connectivity index (χ1) is 17.5. The molecule has 2 aromatic carbocycles. The Balaban J connectivity index is 1.66. The maximum absolute atomic E-state index is 13.5. The summed E-state index contributed by atoms with van der Waals surface area (Å²) >= 11 is 7.02. The van der Waals surface area contributed by atoms with Gasteiger partial charge in [0.05, 0.1) is 29.0 Å². The van der Waals surface area contributed by atoms with Gasteiger partial charge in [-0.3, -0.25) is 14.5 Å². The van der Waals surface area contributed by atoms with Gasteiger partial charge < -0.3 is 14.5 Å². The lowest BCUT2D eigenvalue weighted by Gasteiger charge is -2.16. The molecule has 6 nitrogen and oxygen atoms in total. The largest absolute Gasteiger partial charge is 0.507 e. The van der Waals surface area contributed by atoms with E-state index < -0.39 is 17.3 Å². The molecule has 4 rings (SSSR count). The minimum absolute atomic E-state index is 0.0154. The number of nitrogens with zero attached hydrogens (tertiary/aromatic N) is 1. The van der Waals surface area contributed by atoms with Crippen molar-refractivity contribution in [3.63, 3.8) is 0 Å². The van der Waals surface area contributed by atoms with E-state index in [0.717, 1.165) is 29.7 Å². The van der Waals surface area contributed by atoms with Crippen LogP contribution in [-0.2, 0) is 17.5 Å². The number of aromatic amines is 1. The van der Waals surface area contributed by atoms with Gasteiger partial charge >= 0.3 is 6.18 Å². The maximum atomic E-state index is 13.5. The van der Waals surface area contributed by atoms with Crippen LogP contribution in [0.3, 0.4) is 0 Å². The van der Waals surface area contributed by atoms with E-state index in [1.165, 1.54) is 24.3 Å². The molecule has 4 aromatic rings. The van der Waals surface area contributed by atoms with Gasteiger partial charge in [0.1, 0.15) is 17.3 Å². The highest BCUT2D eigenvalue weighted by atomic mass is 35.5. The lowest BCUT2D eigenvalue weighted by atomic mass is 9.98. The van der Waals surface area contributed by atoms with E-state index >= 15 is 0 Å². The molecule has 0 fully saturated rings. The minimum Gasteiger partial charge on any atom is -0.507 e. The van der Waals surface area contributed by atoms with Gasteiger partial charge in [0.25, 0.3) is 5.56 Å². The fraction of sp³-hybridized carbons (Fsp3) is 0.231. The second-order valence-electron chi connectivity index (χ2n) is 8.47. The Morgan fingerprint density at radius 1 is 1.19 bits per heavy atom. The fourth-order valence-electron chi connectivity index (χ4n) is 3.85. The number of nitrogens with one attached hydrogen (secondary N) is 1. The summed E-state index contributed by atoms with van der Waals surface area (Å²) in [5.74, 6) is 0.259. The van der Waals surface area contributed by atoms with Crippen LogP contribution in [0.4, 0.5) is 13.2 Å². The van der Waals surface area contributed by atoms with E-state index in [1.54, 1.807) is 12.3 Å². The van der Waals surface area contributed by atoms with Crippen molar-refractivity contribution >= 4 is 40.0 Å². The minimum atomic E-state index is -4.62. The predicted octanol–water partition coefficient (Wildman–Crippen LogP) is 6.35. The number of benzene rings is 2. The van der Waals surface area contributed by atoms with E-state index in [0.29, 0.717) is 13.1 Å². The Bertz CT molecular complexity index is 1490. The van der Waals surface area contributed by atoms with E-state index in [9.17, 15) is 27.9 Å². The van der Waals surface area contributed by atoms with Crippen molar-refractivity contribution in [1.29, 1.82) is 0 Å². The van der Waals surface area contributed by atoms with Gasteiger partial charge in [-0.1, -0.05) is 11.6 Å². The van der Waals surface area contributed by atoms with Crippen molar-refractivity contribution in [3.05, 3.63) is 81.5 Å². The van der Waals surface area contributed by atoms with Crippen molar-refractivity contribution < 1.29 is 27.5 Å². The zero-order valence-corrected chi connectivity index (χ0v) is 21.1. The number of furan rings is 1. The number of aromatic nitrogens is 1. The molecule has 0 aliphatic carbocycles. The summed E-state index contributed by atoms with van der Waals surface area (Å²) in [7, 11) is 1.84. The number of alkyl halides is 3. The number of aromatic hydroxyl groups is 1. The topological polar surface area (TPSA) is 86.5 Å². The number of carbonyl (C=O) groups excluding carboxylic acids is 1. The molecule has 0 atom stereocenters. The molecule has 0 saturated heterocycles. The van der Waals surface area contributed by atoms with Crippen LogP contribution in [0.2, 0.25) is 5.02 Å². The smallest absolute Gasteiger partial charge is 0.416 e. The normalized spacial score (nSPS) is 11.9. The van der Waals surface area contributed by atoms with Crippen molar-refractivity contribution in [1.82, 2.24) is 9.88 Å². The molecule has 2 aromatic heterocycles. The molecule has 194 valence electrons. The second kappa shape index (κ2) is 11.0. The monoisotopic (exact) mass is 550 g/mol. The molecule has 0 saturated carbocycles. The molecular formula is C26H22ClF3N2O4S. The summed E-state index contributed by atoms with van der Waals surface area (Å²) in [5, 5.41) is 10.8. The number of carbonyl (C=O) groups is 1. The van der Waals surface area contributed by atoms with E-state index in [-0.39, 0.29) is 55.7 Å². The van der Waals surface area contributed by atoms with Crippen molar-refractivity contribution in [2.24, 2.45) is 0 Å². The van der Waals surface area contributed by atoms with Gasteiger partial charge in [-0.25, -0.2) is 0 Å². The molecule has 2 N–H and O–H groups in total. The Kier molecular flexibility index (Phi) is 8.01. The van der Waals surface area contributed by atoms with Crippen LogP contribution in [0.5, 0.6) is 5.75 Å². The number of phenols is 1. The van der Waals surface area contributed by atoms with Crippen LogP contribution in [0.1, 0.15) is 17.7 Å². The lowest BCUT2D eigenvalue weighted by Crippen LogP contribution is -2.22. The van der Waals surface area contributed by atoms with Crippen LogP contribution < -0.4 is 5.56 Å². The third-order valence-corrected chi connectivity index (χ3v) is 7.06. The second-order valence-corrected chi connectivity index (χ2v) is 9.89. The number of thioether (sulfide) groups is 1. The molecule has 0 bridgehead atoms. The van der Waals surface area contributed by atoms with Gasteiger partial charge in [0.15, 0.2) is 0 Å². The number of hydrogen-bond donors (Lipinski definition) is 2.